The van der Waals surface area contributed by atoms with Gasteiger partial charge in [-0.1, -0.05) is 48.0 Å². The highest BCUT2D eigenvalue weighted by atomic mass is 32.2. The van der Waals surface area contributed by atoms with Gasteiger partial charge in [0.25, 0.3) is 0 Å². The van der Waals surface area contributed by atoms with Crippen LogP contribution in [0.15, 0.2) is 96.0 Å². The van der Waals surface area contributed by atoms with Crippen molar-refractivity contribution in [2.45, 2.75) is 38.3 Å². The Labute approximate surface area is 233 Å². The number of para-hydroxylation sites is 1. The van der Waals surface area contributed by atoms with Crippen LogP contribution >= 0.6 is 11.8 Å². The number of thioether (sulfide) groups is 1. The summed E-state index contributed by atoms with van der Waals surface area (Å²) in [6, 6.07) is 28.5. The van der Waals surface area contributed by atoms with Crippen molar-refractivity contribution in [1.82, 2.24) is 19.2 Å². The number of carbonyl (C=O) groups excluding carboxylic acids is 1. The van der Waals surface area contributed by atoms with E-state index in [4.69, 9.17) is 5.10 Å². The lowest BCUT2D eigenvalue weighted by molar-refractivity contribution is 0.194. The number of rotatable bonds is 4. The van der Waals surface area contributed by atoms with E-state index in [2.05, 4.69) is 77.8 Å². The van der Waals surface area contributed by atoms with Gasteiger partial charge in [-0.2, -0.15) is 5.10 Å². The zero-order valence-corrected chi connectivity index (χ0v) is 23.4. The Morgan fingerprint density at radius 2 is 1.72 bits per heavy atom. The number of hydrogen-bond acceptors (Lipinski definition) is 3. The van der Waals surface area contributed by atoms with Gasteiger partial charge >= 0.3 is 6.03 Å². The fourth-order valence-electron chi connectivity index (χ4n) is 5.43. The predicted molar refractivity (Wildman–Crippen MR) is 158 cm³/mol. The van der Waals surface area contributed by atoms with Crippen molar-refractivity contribution in [3.63, 3.8) is 0 Å². The summed E-state index contributed by atoms with van der Waals surface area (Å²) in [7, 11) is 0. The molecule has 0 unspecified atom stereocenters. The monoisotopic (exact) mass is 533 g/mol. The molecule has 1 N–H and O–H groups in total. The van der Waals surface area contributed by atoms with Crippen LogP contribution in [0.5, 0.6) is 0 Å². The molecule has 39 heavy (non-hydrogen) atoms. The number of hydrogen-bond donors (Lipinski definition) is 1. The van der Waals surface area contributed by atoms with Gasteiger partial charge in [0, 0.05) is 22.3 Å². The molecule has 0 saturated heterocycles. The number of aromatic nitrogens is 3. The van der Waals surface area contributed by atoms with E-state index in [1.165, 1.54) is 10.5 Å². The van der Waals surface area contributed by atoms with Gasteiger partial charge in [0.05, 0.1) is 29.7 Å². The van der Waals surface area contributed by atoms with E-state index in [9.17, 15) is 4.79 Å². The van der Waals surface area contributed by atoms with Crippen molar-refractivity contribution >= 4 is 23.5 Å². The second kappa shape index (κ2) is 10.2. The molecule has 0 saturated carbocycles. The molecular formula is C32H31N5OS. The molecule has 0 spiro atoms. The maximum absolute atomic E-state index is 14.2. The first-order valence-electron chi connectivity index (χ1n) is 13.0. The van der Waals surface area contributed by atoms with Crippen molar-refractivity contribution in [2.75, 3.05) is 11.6 Å². The lowest BCUT2D eigenvalue weighted by Gasteiger charge is -2.31. The molecule has 1 atom stereocenters. The summed E-state index contributed by atoms with van der Waals surface area (Å²) in [5.74, 6) is 0.964. The molecule has 1 aliphatic rings. The number of nitrogens with one attached hydrogen (secondary N) is 1. The zero-order chi connectivity index (χ0) is 27.1. The topological polar surface area (TPSA) is 55.1 Å². The average molecular weight is 534 g/mol. The number of amides is 2. The summed E-state index contributed by atoms with van der Waals surface area (Å²) < 4.78 is 4.19. The fraction of sp³-hybridized carbons (Fsp3) is 0.188. The third-order valence-corrected chi connectivity index (χ3v) is 8.15. The van der Waals surface area contributed by atoms with Crippen LogP contribution in [-0.4, -0.2) is 31.5 Å². The first-order valence-corrected chi connectivity index (χ1v) is 14.3. The molecule has 3 aromatic carbocycles. The SMILES string of the molecule is CSc1ccc([C@@H]2c3cccn3-c3c(c(C)nn3-c3ccccc3)CN2C(=O)Nc2ccc(C)cc2C)cc1. The fourth-order valence-corrected chi connectivity index (χ4v) is 5.84. The van der Waals surface area contributed by atoms with Crippen LogP contribution in [0.25, 0.3) is 11.5 Å². The van der Waals surface area contributed by atoms with E-state index < -0.39 is 0 Å². The molecule has 6 rings (SSSR count). The minimum atomic E-state index is -0.294. The Bertz CT molecular complexity index is 1650. The predicted octanol–water partition coefficient (Wildman–Crippen LogP) is 7.45. The maximum atomic E-state index is 14.2. The molecule has 7 heteroatoms. The van der Waals surface area contributed by atoms with Crippen molar-refractivity contribution < 1.29 is 4.79 Å². The quantitative estimate of drug-likeness (QED) is 0.244. The highest BCUT2D eigenvalue weighted by molar-refractivity contribution is 7.98. The first-order chi connectivity index (χ1) is 18.9. The van der Waals surface area contributed by atoms with E-state index in [-0.39, 0.29) is 12.1 Å². The van der Waals surface area contributed by atoms with Crippen molar-refractivity contribution in [2.24, 2.45) is 0 Å². The van der Waals surface area contributed by atoms with Gasteiger partial charge in [-0.05, 0) is 80.6 Å². The van der Waals surface area contributed by atoms with Crippen LogP contribution in [0.2, 0.25) is 0 Å². The summed E-state index contributed by atoms with van der Waals surface area (Å²) in [6.07, 6.45) is 4.15. The van der Waals surface area contributed by atoms with Crippen LogP contribution in [-0.2, 0) is 6.54 Å². The summed E-state index contributed by atoms with van der Waals surface area (Å²) in [6.45, 7) is 6.53. The molecule has 2 aromatic heterocycles. The highest BCUT2D eigenvalue weighted by Crippen LogP contribution is 2.39. The van der Waals surface area contributed by atoms with Gasteiger partial charge in [0.2, 0.25) is 0 Å². The summed E-state index contributed by atoms with van der Waals surface area (Å²) in [5.41, 5.74) is 8.00. The number of nitrogens with zero attached hydrogens (tertiary/aromatic N) is 4. The van der Waals surface area contributed by atoms with Crippen LogP contribution < -0.4 is 5.32 Å². The number of anilines is 1. The molecule has 6 nitrogen and oxygen atoms in total. The van der Waals surface area contributed by atoms with Crippen molar-refractivity contribution in [3.8, 4) is 11.5 Å². The van der Waals surface area contributed by atoms with E-state index in [1.54, 1.807) is 11.8 Å². The Kier molecular flexibility index (Phi) is 6.53. The van der Waals surface area contributed by atoms with E-state index in [0.29, 0.717) is 6.54 Å². The lowest BCUT2D eigenvalue weighted by atomic mass is 10.0. The minimum absolute atomic E-state index is 0.145. The van der Waals surface area contributed by atoms with Crippen molar-refractivity contribution in [3.05, 3.63) is 125 Å². The zero-order valence-electron chi connectivity index (χ0n) is 22.6. The van der Waals surface area contributed by atoms with E-state index in [0.717, 1.165) is 45.3 Å². The molecule has 0 fully saturated rings. The smallest absolute Gasteiger partial charge is 0.308 e. The van der Waals surface area contributed by atoms with Crippen LogP contribution in [0.1, 0.15) is 39.7 Å². The molecule has 0 aliphatic carbocycles. The van der Waals surface area contributed by atoms with E-state index in [1.807, 2.05) is 59.8 Å². The molecule has 0 bridgehead atoms. The molecular weight excluding hydrogens is 502 g/mol. The Morgan fingerprint density at radius 1 is 0.949 bits per heavy atom. The van der Waals surface area contributed by atoms with E-state index >= 15 is 0 Å². The molecule has 3 heterocycles. The number of urea groups is 1. The summed E-state index contributed by atoms with van der Waals surface area (Å²) >= 11 is 1.71. The number of fused-ring (bicyclic) bond motifs is 3. The van der Waals surface area contributed by atoms with Crippen molar-refractivity contribution in [1.29, 1.82) is 0 Å². The summed E-state index contributed by atoms with van der Waals surface area (Å²) in [4.78, 5) is 17.3. The number of benzene rings is 3. The Balaban J connectivity index is 1.52. The van der Waals surface area contributed by atoms with Gasteiger partial charge in [-0.25, -0.2) is 9.48 Å². The van der Waals surface area contributed by atoms with Crippen LogP contribution in [0, 0.1) is 20.8 Å². The molecule has 2 amide bonds. The molecule has 0 radical (unpaired) electrons. The molecule has 1 aliphatic heterocycles. The van der Waals surface area contributed by atoms with Gasteiger partial charge in [0.15, 0.2) is 0 Å². The maximum Gasteiger partial charge on any atom is 0.322 e. The lowest BCUT2D eigenvalue weighted by Crippen LogP contribution is -2.38. The minimum Gasteiger partial charge on any atom is -0.308 e. The third-order valence-electron chi connectivity index (χ3n) is 7.40. The average Bonchev–Trinajstić information content (AvgIpc) is 3.51. The normalized spacial score (nSPS) is 14.5. The largest absolute Gasteiger partial charge is 0.322 e. The molecule has 196 valence electrons. The van der Waals surface area contributed by atoms with Gasteiger partial charge in [0.1, 0.15) is 5.82 Å². The second-order valence-electron chi connectivity index (χ2n) is 9.99. The Hall–Kier alpha value is -4.23. The molecule has 5 aromatic rings. The van der Waals surface area contributed by atoms with Crippen LogP contribution in [0.3, 0.4) is 0 Å². The van der Waals surface area contributed by atoms with Gasteiger partial charge in [-0.15, -0.1) is 11.8 Å². The summed E-state index contributed by atoms with van der Waals surface area (Å²) in [5, 5.41) is 8.15. The Morgan fingerprint density at radius 3 is 2.44 bits per heavy atom. The highest BCUT2D eigenvalue weighted by Gasteiger charge is 2.36. The number of aryl methyl sites for hydroxylation is 3. The second-order valence-corrected chi connectivity index (χ2v) is 10.9. The number of carbonyl (C=O) groups is 1. The van der Waals surface area contributed by atoms with Gasteiger partial charge < -0.3 is 14.8 Å². The van der Waals surface area contributed by atoms with Crippen LogP contribution in [0.4, 0.5) is 10.5 Å². The third kappa shape index (κ3) is 4.53. The van der Waals surface area contributed by atoms with Gasteiger partial charge in [-0.3, -0.25) is 0 Å². The standard InChI is InChI=1S/C32H31N5OS/c1-21-12-17-28(22(2)19-21)33-32(38)36-20-27-23(3)34-37(25-9-6-5-7-10-25)31(27)35-18-8-11-29(35)30(36)24-13-15-26(39-4)16-14-24/h5-19,30H,20H2,1-4H3,(H,33,38)/t30-/m1/s1. The first kappa shape index (κ1) is 25.1.